The number of thiazole rings is 1. The Morgan fingerprint density at radius 1 is 1.02 bits per heavy atom. The number of fused-ring (bicyclic) bond motifs is 4. The molecule has 3 aliphatic rings. The molecule has 11 heteroatoms. The van der Waals surface area contributed by atoms with Gasteiger partial charge in [0.2, 0.25) is 0 Å². The normalized spacial score (nSPS) is 23.9. The number of carboxylic acids is 1. The molecule has 3 aromatic heterocycles. The molecule has 3 atom stereocenters. The predicted octanol–water partition coefficient (Wildman–Crippen LogP) is 8.92. The van der Waals surface area contributed by atoms with E-state index in [1.807, 2.05) is 68.8 Å². The number of aromatic carboxylic acids is 1. The lowest BCUT2D eigenvalue weighted by Gasteiger charge is -2.58. The maximum Gasteiger partial charge on any atom is 0.355 e. The number of hydrogen-bond acceptors (Lipinski definition) is 8. The van der Waals surface area contributed by atoms with Crippen molar-refractivity contribution in [3.8, 4) is 11.1 Å². The summed E-state index contributed by atoms with van der Waals surface area (Å²) in [6.45, 7) is 8.62. The van der Waals surface area contributed by atoms with Crippen LogP contribution in [0.25, 0.3) is 21.3 Å². The van der Waals surface area contributed by atoms with E-state index in [-0.39, 0.29) is 28.0 Å². The maximum absolute atomic E-state index is 13.6. The third-order valence-corrected chi connectivity index (χ3v) is 13.1. The minimum atomic E-state index is -1.08. The molecule has 0 saturated heterocycles. The molecule has 2 bridgehead atoms. The Bertz CT molecular complexity index is 2180. The molecule has 2 fully saturated rings. The largest absolute Gasteiger partial charge is 0.476 e. The van der Waals surface area contributed by atoms with Crippen molar-refractivity contribution in [1.82, 2.24) is 19.7 Å². The summed E-state index contributed by atoms with van der Waals surface area (Å²) in [5.74, 6) is -0.731. The van der Waals surface area contributed by atoms with Crippen LogP contribution in [0.4, 0.5) is 10.9 Å². The third kappa shape index (κ3) is 6.63. The van der Waals surface area contributed by atoms with E-state index in [9.17, 15) is 14.7 Å². The minimum absolute atomic E-state index is 0.000807. The van der Waals surface area contributed by atoms with Crippen LogP contribution in [0.3, 0.4) is 0 Å². The highest BCUT2D eigenvalue weighted by Crippen LogP contribution is 2.60. The molecule has 1 amide bonds. The first-order valence-electron chi connectivity index (χ1n) is 18.9. The molecule has 5 aromatic rings. The van der Waals surface area contributed by atoms with E-state index < -0.39 is 5.97 Å². The summed E-state index contributed by atoms with van der Waals surface area (Å²) in [5, 5.41) is 18.9. The number of nitrogens with zero attached hydrogens (tertiary/aromatic N) is 5. The first-order chi connectivity index (χ1) is 25.5. The number of anilines is 2. The summed E-state index contributed by atoms with van der Waals surface area (Å²) in [6.07, 6.45) is 11.5. The lowest BCUT2D eigenvalue weighted by atomic mass is 9.51. The van der Waals surface area contributed by atoms with Crippen molar-refractivity contribution in [2.24, 2.45) is 10.8 Å². The number of pyridine rings is 1. The van der Waals surface area contributed by atoms with Crippen molar-refractivity contribution >= 4 is 44.4 Å². The van der Waals surface area contributed by atoms with Gasteiger partial charge in [-0.1, -0.05) is 62.3 Å². The van der Waals surface area contributed by atoms with E-state index in [0.29, 0.717) is 41.6 Å². The van der Waals surface area contributed by atoms with Gasteiger partial charge in [0.1, 0.15) is 5.82 Å². The Morgan fingerprint density at radius 2 is 1.87 bits per heavy atom. The second kappa shape index (κ2) is 13.7. The van der Waals surface area contributed by atoms with Crippen molar-refractivity contribution in [2.75, 3.05) is 23.9 Å². The Morgan fingerprint density at radius 3 is 2.66 bits per heavy atom. The summed E-state index contributed by atoms with van der Waals surface area (Å²) in [7, 11) is 1.89. The molecule has 276 valence electrons. The van der Waals surface area contributed by atoms with Gasteiger partial charge in [0.25, 0.3) is 5.91 Å². The first-order valence-corrected chi connectivity index (χ1v) is 19.7. The number of amides is 1. The molecular formula is C42H48N6O4S. The fourth-order valence-corrected chi connectivity index (χ4v) is 11.0. The topological polar surface area (TPSA) is 122 Å². The van der Waals surface area contributed by atoms with Crippen molar-refractivity contribution in [2.45, 2.75) is 97.2 Å². The highest BCUT2D eigenvalue weighted by molar-refractivity contribution is 7.22. The molecule has 0 radical (unpaired) electrons. The Hall–Kier alpha value is -4.61. The van der Waals surface area contributed by atoms with Crippen LogP contribution in [0.1, 0.15) is 103 Å². The van der Waals surface area contributed by atoms with Gasteiger partial charge in [-0.3, -0.25) is 14.8 Å². The molecule has 4 heterocycles. The highest BCUT2D eigenvalue weighted by atomic mass is 32.1. The van der Waals surface area contributed by atoms with Crippen LogP contribution < -0.4 is 10.2 Å². The lowest BCUT2D eigenvalue weighted by molar-refractivity contribution is -0.157. The number of carbonyl (C=O) groups is 2. The van der Waals surface area contributed by atoms with E-state index in [1.54, 1.807) is 0 Å². The minimum Gasteiger partial charge on any atom is -0.476 e. The van der Waals surface area contributed by atoms with Gasteiger partial charge in [0.15, 0.2) is 10.8 Å². The average Bonchev–Trinajstić information content (AvgIpc) is 3.72. The Labute approximate surface area is 314 Å². The van der Waals surface area contributed by atoms with Crippen molar-refractivity contribution in [1.29, 1.82) is 0 Å². The van der Waals surface area contributed by atoms with Crippen LogP contribution in [-0.4, -0.2) is 56.0 Å². The monoisotopic (exact) mass is 732 g/mol. The zero-order valence-corrected chi connectivity index (χ0v) is 31.9. The number of methoxy groups -OCH3 is 1. The van der Waals surface area contributed by atoms with Crippen LogP contribution in [0.5, 0.6) is 0 Å². The van der Waals surface area contributed by atoms with Gasteiger partial charge in [-0.2, -0.15) is 5.10 Å². The van der Waals surface area contributed by atoms with Gasteiger partial charge in [-0.25, -0.2) is 14.8 Å². The van der Waals surface area contributed by atoms with Crippen molar-refractivity contribution in [3.05, 3.63) is 88.9 Å². The van der Waals surface area contributed by atoms with E-state index >= 15 is 0 Å². The molecule has 2 aliphatic carbocycles. The molecule has 2 N–H and O–H groups in total. The van der Waals surface area contributed by atoms with Gasteiger partial charge in [-0.05, 0) is 104 Å². The molecule has 3 unspecified atom stereocenters. The molecule has 10 nitrogen and oxygen atoms in total. The molecule has 0 spiro atoms. The number of benzene rings is 2. The molecule has 1 aliphatic heterocycles. The average molecular weight is 733 g/mol. The smallest absolute Gasteiger partial charge is 0.355 e. The van der Waals surface area contributed by atoms with Gasteiger partial charge in [0.05, 0.1) is 22.0 Å². The second-order valence-corrected chi connectivity index (χ2v) is 17.1. The number of aromatic nitrogens is 4. The highest BCUT2D eigenvalue weighted by Gasteiger charge is 2.55. The number of para-hydroxylation sites is 1. The van der Waals surface area contributed by atoms with Gasteiger partial charge in [-0.15, -0.1) is 0 Å². The van der Waals surface area contributed by atoms with Crippen LogP contribution in [0.15, 0.2) is 60.8 Å². The number of rotatable bonds is 10. The molecule has 2 aromatic carbocycles. The zero-order valence-electron chi connectivity index (χ0n) is 31.1. The number of carboxylic acid groups (broad SMARTS) is 1. The Kier molecular flexibility index (Phi) is 9.13. The fourth-order valence-electron chi connectivity index (χ4n) is 10.2. The van der Waals surface area contributed by atoms with Crippen molar-refractivity contribution in [3.63, 3.8) is 0 Å². The van der Waals surface area contributed by atoms with Crippen LogP contribution >= 0.6 is 11.3 Å². The van der Waals surface area contributed by atoms with Crippen LogP contribution in [0.2, 0.25) is 0 Å². The number of carbonyl (C=O) groups excluding carboxylic acids is 1. The lowest BCUT2D eigenvalue weighted by Crippen LogP contribution is -2.54. The van der Waals surface area contributed by atoms with Crippen LogP contribution in [0, 0.1) is 17.8 Å². The predicted molar refractivity (Wildman–Crippen MR) is 209 cm³/mol. The summed E-state index contributed by atoms with van der Waals surface area (Å²) in [4.78, 5) is 37.8. The quantitative estimate of drug-likeness (QED) is 0.146. The Balaban J connectivity index is 1.05. The summed E-state index contributed by atoms with van der Waals surface area (Å²) >= 11 is 1.45. The van der Waals surface area contributed by atoms with E-state index in [2.05, 4.69) is 39.8 Å². The SMILES string of the molecule is CCCC1(Cn2ncc(-c3ccc(N4CCc5cccc(C(=O)Nc6nc7ccccc7s6)c5C4)nc3C(=O)O)c2C)CC2(C)CCCC(OC)(C2)C1. The summed E-state index contributed by atoms with van der Waals surface area (Å²) in [6, 6.07) is 17.4. The summed E-state index contributed by atoms with van der Waals surface area (Å²) < 4.78 is 9.41. The van der Waals surface area contributed by atoms with E-state index in [0.717, 1.165) is 77.7 Å². The molecule has 2 saturated carbocycles. The second-order valence-electron chi connectivity index (χ2n) is 16.1. The van der Waals surface area contributed by atoms with Crippen LogP contribution in [-0.2, 0) is 24.2 Å². The standard InChI is InChI=1S/C42H48N6O4S/c1-5-17-41(23-40(3)18-9-19-42(24-40,25-41)52-4)26-48-27(2)31(21-43-48)29-14-15-35(45-36(29)38(50)51)47-20-16-28-10-8-11-30(32(28)22-47)37(49)46-39-44-33-12-6-7-13-34(33)53-39/h6-8,10-15,21H,5,9,16-20,22-26H2,1-4H3,(H,50,51)(H,44,46,49). The number of nitrogens with one attached hydrogen (secondary N) is 1. The van der Waals surface area contributed by atoms with E-state index in [4.69, 9.17) is 14.8 Å². The van der Waals surface area contributed by atoms with Gasteiger partial charge in [0, 0.05) is 49.1 Å². The molecular weight excluding hydrogens is 685 g/mol. The summed E-state index contributed by atoms with van der Waals surface area (Å²) in [5.41, 5.74) is 5.95. The first kappa shape index (κ1) is 35.4. The zero-order chi connectivity index (χ0) is 37.0. The molecule has 8 rings (SSSR count). The number of ether oxygens (including phenoxy) is 1. The fraction of sp³-hybridized carbons (Fsp3) is 0.452. The number of hydrogen-bond donors (Lipinski definition) is 2. The van der Waals surface area contributed by atoms with Crippen molar-refractivity contribution < 1.29 is 19.4 Å². The molecule has 53 heavy (non-hydrogen) atoms. The maximum atomic E-state index is 13.6. The van der Waals surface area contributed by atoms with Gasteiger partial charge >= 0.3 is 5.97 Å². The third-order valence-electron chi connectivity index (χ3n) is 12.2. The van der Waals surface area contributed by atoms with Gasteiger partial charge < -0.3 is 14.7 Å². The van der Waals surface area contributed by atoms with E-state index in [1.165, 1.54) is 24.2 Å².